The number of anilines is 1. The number of methoxy groups -OCH3 is 1. The van der Waals surface area contributed by atoms with Crippen LogP contribution in [0.4, 0.5) is 5.95 Å². The number of ether oxygens (including phenoxy) is 2. The van der Waals surface area contributed by atoms with Gasteiger partial charge in [-0.1, -0.05) is 24.3 Å². The molecule has 0 amide bonds. The maximum absolute atomic E-state index is 11.5. The summed E-state index contributed by atoms with van der Waals surface area (Å²) in [6.07, 6.45) is 6.01. The average Bonchev–Trinajstić information content (AvgIpc) is 3.26. The summed E-state index contributed by atoms with van der Waals surface area (Å²) in [5.41, 5.74) is 2.91. The Morgan fingerprint density at radius 3 is 2.88 bits per heavy atom. The van der Waals surface area contributed by atoms with Crippen LogP contribution in [-0.2, 0) is 22.5 Å². The van der Waals surface area contributed by atoms with Gasteiger partial charge < -0.3 is 19.8 Å². The van der Waals surface area contributed by atoms with Gasteiger partial charge in [-0.3, -0.25) is 14.8 Å². The molecule has 10 heteroatoms. The number of nitrogens with zero attached hydrogens (tertiary/aromatic N) is 5. The minimum Gasteiger partial charge on any atom is -0.468 e. The molecule has 4 rings (SSSR count). The Hall–Kier alpha value is -4.34. The lowest BCUT2D eigenvalue weighted by molar-refractivity contribution is -0.138. The fourth-order valence-electron chi connectivity index (χ4n) is 3.06. The number of hydrogen-bond acceptors (Lipinski definition) is 9. The third-order valence-electron chi connectivity index (χ3n) is 4.68. The third kappa shape index (κ3) is 6.10. The number of esters is 1. The number of aromatic nitrogens is 5. The molecule has 0 saturated carbocycles. The van der Waals surface area contributed by atoms with Gasteiger partial charge in [0.05, 0.1) is 20.3 Å². The van der Waals surface area contributed by atoms with Crippen LogP contribution in [0.3, 0.4) is 0 Å². The highest BCUT2D eigenvalue weighted by molar-refractivity contribution is 5.98. The normalized spacial score (nSPS) is 11.1. The zero-order valence-electron chi connectivity index (χ0n) is 18.1. The van der Waals surface area contributed by atoms with E-state index in [0.29, 0.717) is 18.9 Å². The number of carbonyl (C=O) groups is 1. The van der Waals surface area contributed by atoms with Gasteiger partial charge in [0.15, 0.2) is 5.82 Å². The number of H-pyrrole nitrogens is 1. The van der Waals surface area contributed by atoms with Crippen LogP contribution in [0.5, 0.6) is 6.01 Å². The summed E-state index contributed by atoms with van der Waals surface area (Å²) in [6.45, 7) is 0.479. The van der Waals surface area contributed by atoms with E-state index in [9.17, 15) is 4.79 Å². The molecule has 168 valence electrons. The zero-order chi connectivity index (χ0) is 22.9. The predicted molar refractivity (Wildman–Crippen MR) is 123 cm³/mol. The summed E-state index contributed by atoms with van der Waals surface area (Å²) in [7, 11) is 1.31. The van der Waals surface area contributed by atoms with Crippen molar-refractivity contribution in [3.8, 4) is 6.01 Å². The quantitative estimate of drug-likeness (QED) is 0.282. The van der Waals surface area contributed by atoms with E-state index in [-0.39, 0.29) is 25.0 Å². The van der Waals surface area contributed by atoms with Gasteiger partial charge in [-0.05, 0) is 18.2 Å². The Kier molecular flexibility index (Phi) is 7.16. The van der Waals surface area contributed by atoms with Crippen molar-refractivity contribution in [1.82, 2.24) is 24.9 Å². The second-order valence-corrected chi connectivity index (χ2v) is 6.97. The van der Waals surface area contributed by atoms with Crippen molar-refractivity contribution in [3.63, 3.8) is 0 Å². The fraction of sp³-hybridized carbons (Fsp3) is 0.217. The minimum absolute atomic E-state index is 0.0774. The van der Waals surface area contributed by atoms with Crippen molar-refractivity contribution in [2.75, 3.05) is 25.6 Å². The molecule has 0 unspecified atom stereocenters. The molecule has 33 heavy (non-hydrogen) atoms. The van der Waals surface area contributed by atoms with Crippen molar-refractivity contribution in [2.24, 2.45) is 4.99 Å². The number of aliphatic imine (C=N–C) groups is 1. The highest BCUT2D eigenvalue weighted by atomic mass is 16.5. The molecule has 10 nitrogen and oxygen atoms in total. The first-order valence-electron chi connectivity index (χ1n) is 10.4. The summed E-state index contributed by atoms with van der Waals surface area (Å²) in [5.74, 6) is 0.175. The second kappa shape index (κ2) is 10.8. The molecule has 0 spiro atoms. The summed E-state index contributed by atoms with van der Waals surface area (Å²) < 4.78 is 10.4. The van der Waals surface area contributed by atoms with Crippen LogP contribution in [-0.4, -0.2) is 57.4 Å². The number of nitrogens with one attached hydrogen (secondary N) is 2. The third-order valence-corrected chi connectivity index (χ3v) is 4.68. The van der Waals surface area contributed by atoms with Crippen LogP contribution >= 0.6 is 0 Å². The predicted octanol–water partition coefficient (Wildman–Crippen LogP) is 2.57. The van der Waals surface area contributed by atoms with Crippen molar-refractivity contribution < 1.29 is 14.3 Å². The molecule has 3 heterocycles. The highest BCUT2D eigenvalue weighted by Gasteiger charge is 2.10. The van der Waals surface area contributed by atoms with Gasteiger partial charge in [0.25, 0.3) is 0 Å². The molecule has 0 fully saturated rings. The molecule has 0 saturated heterocycles. The van der Waals surface area contributed by atoms with E-state index >= 15 is 0 Å². The summed E-state index contributed by atoms with van der Waals surface area (Å²) >= 11 is 0. The van der Waals surface area contributed by atoms with Crippen molar-refractivity contribution >= 4 is 29.0 Å². The van der Waals surface area contributed by atoms with Gasteiger partial charge >= 0.3 is 12.0 Å². The number of carbonyl (C=O) groups excluding carboxylic acids is 1. The van der Waals surface area contributed by atoms with Gasteiger partial charge in [0.1, 0.15) is 6.54 Å². The number of aromatic amines is 1. The fourth-order valence-corrected chi connectivity index (χ4v) is 3.06. The molecule has 3 aromatic heterocycles. The van der Waals surface area contributed by atoms with Gasteiger partial charge in [-0.15, -0.1) is 0 Å². The van der Waals surface area contributed by atoms with Crippen LogP contribution < -0.4 is 10.1 Å². The van der Waals surface area contributed by atoms with Gasteiger partial charge in [0.2, 0.25) is 5.95 Å². The summed E-state index contributed by atoms with van der Waals surface area (Å²) in [6, 6.07) is 13.8. The molecule has 0 aliphatic heterocycles. The second-order valence-electron chi connectivity index (χ2n) is 6.97. The van der Waals surface area contributed by atoms with Crippen LogP contribution in [0.15, 0.2) is 59.9 Å². The lowest BCUT2D eigenvalue weighted by atomic mass is 10.2. The first kappa shape index (κ1) is 21.9. The molecular weight excluding hydrogens is 422 g/mol. The maximum Gasteiger partial charge on any atom is 0.325 e. The van der Waals surface area contributed by atoms with Crippen LogP contribution in [0.25, 0.3) is 10.9 Å². The molecule has 0 bridgehead atoms. The van der Waals surface area contributed by atoms with E-state index < -0.39 is 5.97 Å². The van der Waals surface area contributed by atoms with E-state index in [0.717, 1.165) is 22.2 Å². The Morgan fingerprint density at radius 2 is 2.03 bits per heavy atom. The monoisotopic (exact) mass is 445 g/mol. The van der Waals surface area contributed by atoms with Crippen LogP contribution in [0, 0.1) is 0 Å². The van der Waals surface area contributed by atoms with Crippen molar-refractivity contribution in [1.29, 1.82) is 0 Å². The van der Waals surface area contributed by atoms with Gasteiger partial charge in [-0.2, -0.15) is 15.0 Å². The van der Waals surface area contributed by atoms with Crippen molar-refractivity contribution in [2.45, 2.75) is 13.0 Å². The maximum atomic E-state index is 11.5. The molecule has 0 aliphatic carbocycles. The number of para-hydroxylation sites is 1. The van der Waals surface area contributed by atoms with E-state index in [1.807, 2.05) is 48.7 Å². The molecule has 0 radical (unpaired) electrons. The van der Waals surface area contributed by atoms with Crippen molar-refractivity contribution in [3.05, 3.63) is 71.9 Å². The van der Waals surface area contributed by atoms with Crippen LogP contribution in [0.2, 0.25) is 0 Å². The largest absolute Gasteiger partial charge is 0.468 e. The number of benzene rings is 1. The zero-order valence-corrected chi connectivity index (χ0v) is 18.1. The first-order valence-corrected chi connectivity index (χ1v) is 10.4. The topological polar surface area (TPSA) is 127 Å². The van der Waals surface area contributed by atoms with Crippen LogP contribution in [0.1, 0.15) is 17.1 Å². The number of fused-ring (bicyclic) bond motifs is 1. The number of rotatable bonds is 10. The van der Waals surface area contributed by atoms with E-state index in [1.54, 1.807) is 12.4 Å². The Bertz CT molecular complexity index is 1240. The average molecular weight is 445 g/mol. The van der Waals surface area contributed by atoms with Gasteiger partial charge in [-0.25, -0.2) is 0 Å². The first-order chi connectivity index (χ1) is 16.2. The molecule has 2 N–H and O–H groups in total. The molecule has 4 aromatic rings. The SMILES string of the molecule is COC(=O)CNc1nc(CN=Cc2c[nH]c3ccccc23)nc(OCCc2ccccn2)n1. The molecule has 0 atom stereocenters. The van der Waals surface area contributed by atoms with E-state index in [4.69, 9.17) is 4.74 Å². The van der Waals surface area contributed by atoms with E-state index in [2.05, 4.69) is 40.0 Å². The Morgan fingerprint density at radius 1 is 1.15 bits per heavy atom. The Labute approximate surface area is 190 Å². The lowest BCUT2D eigenvalue weighted by Gasteiger charge is -2.08. The molecule has 1 aromatic carbocycles. The molecular formula is C23H23N7O3. The van der Waals surface area contributed by atoms with E-state index in [1.165, 1.54) is 7.11 Å². The lowest BCUT2D eigenvalue weighted by Crippen LogP contribution is -2.18. The highest BCUT2D eigenvalue weighted by Crippen LogP contribution is 2.16. The summed E-state index contributed by atoms with van der Waals surface area (Å²) in [4.78, 5) is 36.3. The van der Waals surface area contributed by atoms with Gasteiger partial charge in [0, 0.05) is 47.2 Å². The minimum atomic E-state index is -0.438. The Balaban J connectivity index is 1.46. The summed E-state index contributed by atoms with van der Waals surface area (Å²) in [5, 5.41) is 3.91. The number of hydrogen-bond donors (Lipinski definition) is 2. The smallest absolute Gasteiger partial charge is 0.325 e. The standard InChI is InChI=1S/C23H23N7O3/c1-32-21(31)15-27-22-28-20(14-24-12-16-13-26-19-8-3-2-7-18(16)19)29-23(30-22)33-11-9-17-6-4-5-10-25-17/h2-8,10,12-13,26H,9,11,14-15H2,1H3,(H,27,28,29,30). The number of pyridine rings is 1. The molecule has 0 aliphatic rings.